The molecule has 5 heteroatoms. The Labute approximate surface area is 98.7 Å². The van der Waals surface area contributed by atoms with Crippen LogP contribution in [0.3, 0.4) is 0 Å². The summed E-state index contributed by atoms with van der Waals surface area (Å²) in [5.74, 6) is -2.24. The Morgan fingerprint density at radius 2 is 2.00 bits per heavy atom. The molecule has 0 fully saturated rings. The molecule has 0 aliphatic carbocycles. The molecule has 0 atom stereocenters. The summed E-state index contributed by atoms with van der Waals surface area (Å²) < 4.78 is 26.1. The number of hydrogen-bond donors (Lipinski definition) is 1. The van der Waals surface area contributed by atoms with Crippen LogP contribution in [0.5, 0.6) is 0 Å². The van der Waals surface area contributed by atoms with E-state index < -0.39 is 23.1 Å². The van der Waals surface area contributed by atoms with E-state index >= 15 is 0 Å². The van der Waals surface area contributed by atoms with Crippen LogP contribution in [0, 0.1) is 11.6 Å². The van der Waals surface area contributed by atoms with Crippen LogP contribution in [0.4, 0.5) is 8.78 Å². The van der Waals surface area contributed by atoms with Crippen molar-refractivity contribution in [3.05, 3.63) is 35.4 Å². The number of carbonyl (C=O) groups is 1. The van der Waals surface area contributed by atoms with Gasteiger partial charge in [0.05, 0.1) is 17.7 Å². The highest BCUT2D eigenvalue weighted by molar-refractivity contribution is 5.94. The van der Waals surface area contributed by atoms with Crippen molar-refractivity contribution in [2.45, 2.75) is 19.4 Å². The van der Waals surface area contributed by atoms with Gasteiger partial charge in [0.15, 0.2) is 0 Å². The minimum Gasteiger partial charge on any atom is -0.394 e. The van der Waals surface area contributed by atoms with Crippen LogP contribution in [0.1, 0.15) is 24.2 Å². The summed E-state index contributed by atoms with van der Waals surface area (Å²) in [5.41, 5.74) is -1.02. The van der Waals surface area contributed by atoms with Crippen molar-refractivity contribution in [2.75, 3.05) is 13.7 Å². The third-order valence-electron chi connectivity index (χ3n) is 2.76. The van der Waals surface area contributed by atoms with Crippen molar-refractivity contribution in [1.82, 2.24) is 4.90 Å². The monoisotopic (exact) mass is 243 g/mol. The van der Waals surface area contributed by atoms with Crippen molar-refractivity contribution in [2.24, 2.45) is 0 Å². The van der Waals surface area contributed by atoms with Crippen molar-refractivity contribution in [3.8, 4) is 0 Å². The van der Waals surface area contributed by atoms with Crippen molar-refractivity contribution in [3.63, 3.8) is 0 Å². The van der Waals surface area contributed by atoms with Gasteiger partial charge in [-0.15, -0.1) is 0 Å². The Bertz CT molecular complexity index is 433. The Kier molecular flexibility index (Phi) is 3.83. The zero-order valence-electron chi connectivity index (χ0n) is 10.00. The van der Waals surface area contributed by atoms with Gasteiger partial charge in [-0.05, 0) is 26.0 Å². The van der Waals surface area contributed by atoms with Crippen LogP contribution in [0.25, 0.3) is 0 Å². The molecule has 17 heavy (non-hydrogen) atoms. The number of aliphatic hydroxyl groups is 1. The standard InChI is InChI=1S/C12H15F2NO2/c1-12(2,7-16)15(3)11(17)9-5-4-8(13)6-10(9)14/h4-6,16H,7H2,1-3H3. The van der Waals surface area contributed by atoms with Crippen LogP contribution in [0.2, 0.25) is 0 Å². The van der Waals surface area contributed by atoms with Crippen LogP contribution < -0.4 is 0 Å². The summed E-state index contributed by atoms with van der Waals surface area (Å²) >= 11 is 0. The molecule has 1 rings (SSSR count). The van der Waals surface area contributed by atoms with E-state index in [1.807, 2.05) is 0 Å². The van der Waals surface area contributed by atoms with Gasteiger partial charge in [0.2, 0.25) is 0 Å². The number of amides is 1. The molecule has 1 N–H and O–H groups in total. The molecule has 0 saturated heterocycles. The number of rotatable bonds is 3. The molecule has 0 bridgehead atoms. The predicted octanol–water partition coefficient (Wildman–Crippen LogP) is 1.81. The fourth-order valence-electron chi connectivity index (χ4n) is 1.22. The normalized spacial score (nSPS) is 11.4. The Hall–Kier alpha value is -1.49. The molecular formula is C12H15F2NO2. The molecule has 0 radical (unpaired) electrons. The maximum Gasteiger partial charge on any atom is 0.257 e. The smallest absolute Gasteiger partial charge is 0.257 e. The highest BCUT2D eigenvalue weighted by atomic mass is 19.1. The quantitative estimate of drug-likeness (QED) is 0.879. The van der Waals surface area contributed by atoms with E-state index in [0.29, 0.717) is 6.07 Å². The Morgan fingerprint density at radius 3 is 2.47 bits per heavy atom. The first-order valence-corrected chi connectivity index (χ1v) is 5.13. The Morgan fingerprint density at radius 1 is 1.41 bits per heavy atom. The van der Waals surface area contributed by atoms with Crippen LogP contribution in [-0.2, 0) is 0 Å². The second-order valence-electron chi connectivity index (χ2n) is 4.46. The molecule has 0 heterocycles. The van der Waals surface area contributed by atoms with Gasteiger partial charge in [-0.25, -0.2) is 8.78 Å². The van der Waals surface area contributed by atoms with E-state index in [0.717, 1.165) is 12.1 Å². The minimum absolute atomic E-state index is 0.213. The first-order chi connectivity index (χ1) is 7.79. The first-order valence-electron chi connectivity index (χ1n) is 5.13. The maximum atomic E-state index is 13.4. The van der Waals surface area contributed by atoms with E-state index in [1.54, 1.807) is 13.8 Å². The molecule has 0 saturated carbocycles. The largest absolute Gasteiger partial charge is 0.394 e. The molecule has 94 valence electrons. The summed E-state index contributed by atoms with van der Waals surface area (Å²) in [7, 11) is 1.46. The molecule has 1 amide bonds. The van der Waals surface area contributed by atoms with Crippen molar-refractivity contribution >= 4 is 5.91 Å². The van der Waals surface area contributed by atoms with E-state index in [-0.39, 0.29) is 12.2 Å². The SMILES string of the molecule is CN(C(=O)c1ccc(F)cc1F)C(C)(C)CO. The lowest BCUT2D eigenvalue weighted by molar-refractivity contribution is 0.0469. The molecule has 0 aromatic heterocycles. The highest BCUT2D eigenvalue weighted by Gasteiger charge is 2.28. The molecule has 1 aromatic rings. The molecule has 0 spiro atoms. The van der Waals surface area contributed by atoms with Gasteiger partial charge in [0, 0.05) is 13.1 Å². The molecule has 3 nitrogen and oxygen atoms in total. The molecule has 0 aliphatic heterocycles. The lowest BCUT2D eigenvalue weighted by Crippen LogP contribution is -2.47. The molecule has 0 aliphatic rings. The topological polar surface area (TPSA) is 40.5 Å². The Balaban J connectivity index is 3.05. The average Bonchev–Trinajstić information content (AvgIpc) is 2.27. The lowest BCUT2D eigenvalue weighted by atomic mass is 10.0. The number of hydrogen-bond acceptors (Lipinski definition) is 2. The van der Waals surface area contributed by atoms with Gasteiger partial charge in [-0.1, -0.05) is 0 Å². The number of halogens is 2. The molecular weight excluding hydrogens is 228 g/mol. The minimum atomic E-state index is -0.907. The fraction of sp³-hybridized carbons (Fsp3) is 0.417. The maximum absolute atomic E-state index is 13.4. The third-order valence-corrected chi connectivity index (χ3v) is 2.76. The van der Waals surface area contributed by atoms with Crippen molar-refractivity contribution < 1.29 is 18.7 Å². The van der Waals surface area contributed by atoms with Gasteiger partial charge in [-0.3, -0.25) is 4.79 Å². The van der Waals surface area contributed by atoms with E-state index in [2.05, 4.69) is 0 Å². The number of carbonyl (C=O) groups excluding carboxylic acids is 1. The molecule has 0 unspecified atom stereocenters. The summed E-state index contributed by atoms with van der Waals surface area (Å²) in [6.07, 6.45) is 0. The van der Waals surface area contributed by atoms with Gasteiger partial charge in [-0.2, -0.15) is 0 Å². The van der Waals surface area contributed by atoms with Crippen molar-refractivity contribution in [1.29, 1.82) is 0 Å². The summed E-state index contributed by atoms with van der Waals surface area (Å²) in [4.78, 5) is 13.2. The number of benzene rings is 1. The predicted molar refractivity (Wildman–Crippen MR) is 59.6 cm³/mol. The summed E-state index contributed by atoms with van der Waals surface area (Å²) in [6, 6.07) is 2.78. The number of likely N-dealkylation sites (N-methyl/N-ethyl adjacent to an activating group) is 1. The highest BCUT2D eigenvalue weighted by Crippen LogP contribution is 2.17. The van der Waals surface area contributed by atoms with E-state index in [4.69, 9.17) is 5.11 Å². The summed E-state index contributed by atoms with van der Waals surface area (Å²) in [6.45, 7) is 3.04. The van der Waals surface area contributed by atoms with Gasteiger partial charge in [0.1, 0.15) is 11.6 Å². The van der Waals surface area contributed by atoms with E-state index in [1.165, 1.54) is 11.9 Å². The van der Waals surface area contributed by atoms with E-state index in [9.17, 15) is 13.6 Å². The molecule has 1 aromatic carbocycles. The second kappa shape index (κ2) is 4.79. The van der Waals surface area contributed by atoms with Crippen LogP contribution in [-0.4, -0.2) is 35.1 Å². The summed E-state index contributed by atoms with van der Waals surface area (Å²) in [5, 5.41) is 9.13. The third kappa shape index (κ3) is 2.79. The number of nitrogens with zero attached hydrogens (tertiary/aromatic N) is 1. The average molecular weight is 243 g/mol. The van der Waals surface area contributed by atoms with Gasteiger partial charge >= 0.3 is 0 Å². The van der Waals surface area contributed by atoms with Crippen LogP contribution in [0.15, 0.2) is 18.2 Å². The second-order valence-corrected chi connectivity index (χ2v) is 4.46. The zero-order valence-corrected chi connectivity index (χ0v) is 10.00. The number of aliphatic hydroxyl groups excluding tert-OH is 1. The van der Waals surface area contributed by atoms with Crippen LogP contribution >= 0.6 is 0 Å². The first kappa shape index (κ1) is 13.6. The van der Waals surface area contributed by atoms with Gasteiger partial charge < -0.3 is 10.0 Å². The lowest BCUT2D eigenvalue weighted by Gasteiger charge is -2.34. The van der Waals surface area contributed by atoms with Gasteiger partial charge in [0.25, 0.3) is 5.91 Å². The fourth-order valence-corrected chi connectivity index (χ4v) is 1.22. The zero-order chi connectivity index (χ0) is 13.2.